The summed E-state index contributed by atoms with van der Waals surface area (Å²) in [4.78, 5) is 0. The predicted octanol–water partition coefficient (Wildman–Crippen LogP) is 0.274. The van der Waals surface area contributed by atoms with Gasteiger partial charge in [0.05, 0.1) is 0 Å². The molecule has 2 aromatic carbocycles. The average molecular weight is 465 g/mol. The monoisotopic (exact) mass is 462 g/mol. The van der Waals surface area contributed by atoms with E-state index in [4.69, 9.17) is 0 Å². The van der Waals surface area contributed by atoms with E-state index in [1.165, 1.54) is 41.5 Å². The van der Waals surface area contributed by atoms with E-state index in [1.807, 2.05) is 0 Å². The molecule has 4 rings (SSSR count). The van der Waals surface area contributed by atoms with Gasteiger partial charge in [-0.1, -0.05) is 69.0 Å². The molecule has 0 saturated heterocycles. The molecule has 0 N–H and O–H groups in total. The molecule has 0 saturated carbocycles. The van der Waals surface area contributed by atoms with E-state index in [9.17, 15) is 0 Å². The fourth-order valence-electron chi connectivity index (χ4n) is 3.58. The first-order valence-corrected chi connectivity index (χ1v) is 8.69. The smallest absolute Gasteiger partial charge is 1.00 e. The molecule has 2 aliphatic carbocycles. The molecule has 0 spiro atoms. The number of allylic oxidation sites excluding steroid dienone is 4. The molecule has 0 radical (unpaired) electrons. The number of halogens is 2. The van der Waals surface area contributed by atoms with E-state index in [0.29, 0.717) is 5.92 Å². The van der Waals surface area contributed by atoms with E-state index in [2.05, 4.69) is 75.4 Å². The Bertz CT molecular complexity index is 726. The summed E-state index contributed by atoms with van der Waals surface area (Å²) in [6.07, 6.45) is 10.1. The van der Waals surface area contributed by atoms with Crippen LogP contribution in [0, 0.1) is 13.0 Å². The van der Waals surface area contributed by atoms with Crippen LogP contribution in [0.15, 0.2) is 59.7 Å². The summed E-state index contributed by atoms with van der Waals surface area (Å²) in [6, 6.07) is 15.7. The van der Waals surface area contributed by atoms with Gasteiger partial charge in [0.25, 0.3) is 0 Å². The molecule has 2 aliphatic rings. The van der Waals surface area contributed by atoms with Crippen LogP contribution < -0.4 is 24.8 Å². The Morgan fingerprint density at radius 1 is 1.04 bits per heavy atom. The van der Waals surface area contributed by atoms with Crippen molar-refractivity contribution < 1.29 is 51.0 Å². The number of hydrogen-bond donors (Lipinski definition) is 0. The summed E-state index contributed by atoms with van der Waals surface area (Å²) in [5.41, 5.74) is 8.91. The van der Waals surface area contributed by atoms with Gasteiger partial charge in [-0.25, -0.2) is 17.7 Å². The summed E-state index contributed by atoms with van der Waals surface area (Å²) in [5, 5.41) is 0. The van der Waals surface area contributed by atoms with Crippen LogP contribution >= 0.6 is 0 Å². The summed E-state index contributed by atoms with van der Waals surface area (Å²) in [6.45, 7) is 6.47. The molecule has 3 heteroatoms. The standard InChI is InChI=1S/C16H17.C7H9.2ClH.Zr/c1-12-10-14-8-5-9-15(16(14)11-12)13-6-3-2-4-7-13;1-6-4-3-5-7(6)2;;;/h2-4,6-7,10-11,15H,5,8-9H2,1H3;4H,5H2,1-2H3;2*1H;/q2*-1;;;+4/p-2. The van der Waals surface area contributed by atoms with Gasteiger partial charge in [0.15, 0.2) is 0 Å². The summed E-state index contributed by atoms with van der Waals surface area (Å²) >= 11 is 0. The van der Waals surface area contributed by atoms with Crippen LogP contribution in [0.1, 0.15) is 61.3 Å². The zero-order valence-corrected chi connectivity index (χ0v) is 19.8. The van der Waals surface area contributed by atoms with Crippen LogP contribution in [0.5, 0.6) is 0 Å². The Morgan fingerprint density at radius 3 is 2.27 bits per heavy atom. The quantitative estimate of drug-likeness (QED) is 0.532. The van der Waals surface area contributed by atoms with Crippen molar-refractivity contribution in [3.8, 4) is 0 Å². The molecule has 136 valence electrons. The van der Waals surface area contributed by atoms with Gasteiger partial charge in [-0.2, -0.15) is 28.3 Å². The number of hydrogen-bond acceptors (Lipinski definition) is 0. The predicted molar refractivity (Wildman–Crippen MR) is 98.8 cm³/mol. The zero-order chi connectivity index (χ0) is 16.2. The molecular formula is C23H26Cl2Zr. The SMILES string of the molecule is CC1=C(C)C[C-]=C1.Cc1cc2c([cH-]1)CCCC2c1ccccc1.[Cl-].[Cl-].[Zr+4]. The van der Waals surface area contributed by atoms with E-state index < -0.39 is 0 Å². The molecule has 0 nitrogen and oxygen atoms in total. The number of fused-ring (bicyclic) bond motifs is 1. The molecule has 2 aromatic rings. The molecule has 0 bridgehead atoms. The first-order chi connectivity index (χ1) is 11.1. The Morgan fingerprint density at radius 2 is 1.73 bits per heavy atom. The van der Waals surface area contributed by atoms with Crippen molar-refractivity contribution in [2.24, 2.45) is 0 Å². The molecule has 26 heavy (non-hydrogen) atoms. The van der Waals surface area contributed by atoms with Gasteiger partial charge in [-0.15, -0.1) is 13.3 Å². The van der Waals surface area contributed by atoms with E-state index in [1.54, 1.807) is 11.1 Å². The maximum Gasteiger partial charge on any atom is 4.00 e. The van der Waals surface area contributed by atoms with E-state index in [-0.39, 0.29) is 51.0 Å². The van der Waals surface area contributed by atoms with Crippen LogP contribution in [-0.2, 0) is 32.6 Å². The Kier molecular flexibility index (Phi) is 11.8. The maximum absolute atomic E-state index is 3.12. The third-order valence-electron chi connectivity index (χ3n) is 5.03. The van der Waals surface area contributed by atoms with E-state index >= 15 is 0 Å². The van der Waals surface area contributed by atoms with Gasteiger partial charge in [0.2, 0.25) is 0 Å². The molecule has 0 fully saturated rings. The van der Waals surface area contributed by atoms with Gasteiger partial charge in [0.1, 0.15) is 0 Å². The maximum atomic E-state index is 3.12. The minimum absolute atomic E-state index is 0. The number of aryl methyl sites for hydroxylation is 2. The zero-order valence-electron chi connectivity index (χ0n) is 15.8. The van der Waals surface area contributed by atoms with Crippen molar-refractivity contribution >= 4 is 0 Å². The second-order valence-corrected chi connectivity index (χ2v) is 6.86. The number of rotatable bonds is 1. The van der Waals surface area contributed by atoms with Crippen molar-refractivity contribution in [2.45, 2.75) is 52.4 Å². The minimum Gasteiger partial charge on any atom is -1.00 e. The summed E-state index contributed by atoms with van der Waals surface area (Å²) in [5.74, 6) is 0.638. The van der Waals surface area contributed by atoms with Crippen molar-refractivity contribution in [3.05, 3.63) is 88.0 Å². The first-order valence-electron chi connectivity index (χ1n) is 8.69. The normalized spacial score (nSPS) is 17.1. The molecular weight excluding hydrogens is 438 g/mol. The fourth-order valence-corrected chi connectivity index (χ4v) is 3.58. The largest absolute Gasteiger partial charge is 4.00 e. The third kappa shape index (κ3) is 6.29. The summed E-state index contributed by atoms with van der Waals surface area (Å²) in [7, 11) is 0. The molecule has 0 heterocycles. The summed E-state index contributed by atoms with van der Waals surface area (Å²) < 4.78 is 0. The topological polar surface area (TPSA) is 0 Å². The second-order valence-electron chi connectivity index (χ2n) is 6.86. The molecule has 0 aromatic heterocycles. The third-order valence-corrected chi connectivity index (χ3v) is 5.03. The van der Waals surface area contributed by atoms with Crippen molar-refractivity contribution in [1.29, 1.82) is 0 Å². The van der Waals surface area contributed by atoms with Crippen molar-refractivity contribution in [1.82, 2.24) is 0 Å². The van der Waals surface area contributed by atoms with Gasteiger partial charge in [-0.05, 0) is 5.92 Å². The average Bonchev–Trinajstić information content (AvgIpc) is 3.13. The van der Waals surface area contributed by atoms with Crippen LogP contribution in [-0.4, -0.2) is 0 Å². The Hall–Kier alpha value is -0.487. The van der Waals surface area contributed by atoms with Crippen LogP contribution in [0.25, 0.3) is 0 Å². The van der Waals surface area contributed by atoms with Crippen LogP contribution in [0.3, 0.4) is 0 Å². The number of benzene rings is 1. The van der Waals surface area contributed by atoms with Crippen LogP contribution in [0.4, 0.5) is 0 Å². The molecule has 1 atom stereocenters. The van der Waals surface area contributed by atoms with Gasteiger partial charge >= 0.3 is 26.2 Å². The minimum atomic E-state index is 0. The van der Waals surface area contributed by atoms with Gasteiger partial charge in [-0.3, -0.25) is 6.08 Å². The second kappa shape index (κ2) is 12.1. The fraction of sp³-hybridized carbons (Fsp3) is 0.348. The molecule has 1 unspecified atom stereocenters. The van der Waals surface area contributed by atoms with Crippen molar-refractivity contribution in [3.63, 3.8) is 0 Å². The van der Waals surface area contributed by atoms with Gasteiger partial charge < -0.3 is 24.8 Å². The Balaban J connectivity index is 0.000000542. The first kappa shape index (κ1) is 25.5. The van der Waals surface area contributed by atoms with E-state index in [0.717, 1.165) is 6.42 Å². The Labute approximate surface area is 190 Å². The van der Waals surface area contributed by atoms with Crippen molar-refractivity contribution in [2.75, 3.05) is 0 Å². The van der Waals surface area contributed by atoms with Gasteiger partial charge in [0, 0.05) is 0 Å². The van der Waals surface area contributed by atoms with Crippen LogP contribution in [0.2, 0.25) is 0 Å². The molecule has 0 amide bonds. The molecule has 0 aliphatic heterocycles.